The van der Waals surface area contributed by atoms with E-state index in [-0.39, 0.29) is 12.2 Å². The summed E-state index contributed by atoms with van der Waals surface area (Å²) >= 11 is 1.36. The Hall–Kier alpha value is -1.20. The Labute approximate surface area is 92.1 Å². The summed E-state index contributed by atoms with van der Waals surface area (Å²) in [6.07, 6.45) is 0.623. The van der Waals surface area contributed by atoms with E-state index < -0.39 is 5.97 Å². The number of carboxylic acids is 1. The maximum atomic E-state index is 10.9. The first-order valence-corrected chi connectivity index (χ1v) is 5.51. The minimum atomic E-state index is -0.978. The molecule has 15 heavy (non-hydrogen) atoms. The van der Waals surface area contributed by atoms with Crippen LogP contribution in [0.3, 0.4) is 0 Å². The average Bonchev–Trinajstić information content (AvgIpc) is 2.20. The van der Waals surface area contributed by atoms with Crippen LogP contribution in [0.1, 0.15) is 16.8 Å². The van der Waals surface area contributed by atoms with Crippen molar-refractivity contribution in [2.75, 3.05) is 18.1 Å². The molecule has 1 rings (SSSR count). The largest absolute Gasteiger partial charge is 0.478 e. The van der Waals surface area contributed by atoms with Crippen LogP contribution in [0.15, 0.2) is 23.1 Å². The Morgan fingerprint density at radius 1 is 1.47 bits per heavy atom. The third kappa shape index (κ3) is 3.14. The van der Waals surface area contributed by atoms with Crippen molar-refractivity contribution in [3.63, 3.8) is 0 Å². The summed E-state index contributed by atoms with van der Waals surface area (Å²) in [5.74, 6) is -0.320. The van der Waals surface area contributed by atoms with Crippen molar-refractivity contribution in [1.82, 2.24) is 0 Å². The molecule has 0 saturated carbocycles. The van der Waals surface area contributed by atoms with Crippen LogP contribution >= 0.6 is 11.8 Å². The number of thioether (sulfide) groups is 1. The lowest BCUT2D eigenvalue weighted by molar-refractivity contribution is 0.0693. The second-order valence-corrected chi connectivity index (χ2v) is 4.06. The number of aliphatic hydroxyl groups is 1. The number of hydrogen-bond donors (Lipinski definition) is 3. The smallest absolute Gasteiger partial charge is 0.336 e. The number of benzene rings is 1. The van der Waals surface area contributed by atoms with E-state index in [2.05, 4.69) is 0 Å². The number of aromatic carboxylic acids is 1. The van der Waals surface area contributed by atoms with Crippen LogP contribution < -0.4 is 5.73 Å². The lowest BCUT2D eigenvalue weighted by Crippen LogP contribution is -2.02. The summed E-state index contributed by atoms with van der Waals surface area (Å²) < 4.78 is 0. The molecule has 0 spiro atoms. The van der Waals surface area contributed by atoms with E-state index in [4.69, 9.17) is 15.9 Å². The van der Waals surface area contributed by atoms with Gasteiger partial charge in [0.25, 0.3) is 0 Å². The summed E-state index contributed by atoms with van der Waals surface area (Å²) in [5, 5.41) is 17.6. The van der Waals surface area contributed by atoms with Gasteiger partial charge in [-0.15, -0.1) is 11.8 Å². The zero-order valence-corrected chi connectivity index (χ0v) is 8.96. The van der Waals surface area contributed by atoms with E-state index in [0.29, 0.717) is 22.8 Å². The monoisotopic (exact) mass is 227 g/mol. The van der Waals surface area contributed by atoms with Crippen LogP contribution in [0.5, 0.6) is 0 Å². The van der Waals surface area contributed by atoms with Crippen molar-refractivity contribution < 1.29 is 15.0 Å². The molecular formula is C10H13NO3S. The van der Waals surface area contributed by atoms with Gasteiger partial charge in [0.1, 0.15) is 0 Å². The molecule has 0 radical (unpaired) electrons. The van der Waals surface area contributed by atoms with Gasteiger partial charge in [0, 0.05) is 22.9 Å². The molecule has 0 bridgehead atoms. The third-order valence-electron chi connectivity index (χ3n) is 1.82. The molecule has 0 aliphatic heterocycles. The number of hydrogen-bond acceptors (Lipinski definition) is 4. The summed E-state index contributed by atoms with van der Waals surface area (Å²) in [6.45, 7) is 0.0993. The lowest BCUT2D eigenvalue weighted by atomic mass is 10.2. The van der Waals surface area contributed by atoms with Gasteiger partial charge in [-0.1, -0.05) is 6.07 Å². The first-order valence-electron chi connectivity index (χ1n) is 4.52. The van der Waals surface area contributed by atoms with Crippen LogP contribution in [0.2, 0.25) is 0 Å². The first-order chi connectivity index (χ1) is 7.16. The number of anilines is 1. The van der Waals surface area contributed by atoms with Crippen molar-refractivity contribution in [3.05, 3.63) is 23.8 Å². The predicted octanol–water partition coefficient (Wildman–Crippen LogP) is 1.44. The van der Waals surface area contributed by atoms with Gasteiger partial charge in [-0.25, -0.2) is 4.79 Å². The zero-order chi connectivity index (χ0) is 11.3. The molecule has 0 aromatic heterocycles. The summed E-state index contributed by atoms with van der Waals surface area (Å²) in [5.41, 5.74) is 6.39. The second kappa shape index (κ2) is 5.63. The van der Waals surface area contributed by atoms with Crippen molar-refractivity contribution in [1.29, 1.82) is 0 Å². The van der Waals surface area contributed by atoms with E-state index in [1.54, 1.807) is 12.1 Å². The maximum absolute atomic E-state index is 10.9. The van der Waals surface area contributed by atoms with Crippen LogP contribution in [0.4, 0.5) is 5.69 Å². The molecule has 1 aromatic rings. The van der Waals surface area contributed by atoms with E-state index in [9.17, 15) is 4.79 Å². The maximum Gasteiger partial charge on any atom is 0.336 e. The fourth-order valence-electron chi connectivity index (χ4n) is 1.12. The molecule has 0 heterocycles. The zero-order valence-electron chi connectivity index (χ0n) is 8.14. The molecule has 0 saturated heterocycles. The highest BCUT2D eigenvalue weighted by Crippen LogP contribution is 2.29. The molecule has 0 unspecified atom stereocenters. The summed E-state index contributed by atoms with van der Waals surface area (Å²) in [7, 11) is 0. The standard InChI is InChI=1S/C10H13NO3S/c11-8-4-1-3-7(10(13)14)9(8)15-6-2-5-12/h1,3-4,12H,2,5-6,11H2,(H,13,14). The molecule has 0 atom stereocenters. The van der Waals surface area contributed by atoms with Gasteiger partial charge in [-0.2, -0.15) is 0 Å². The van der Waals surface area contributed by atoms with Gasteiger partial charge in [0.15, 0.2) is 0 Å². The highest BCUT2D eigenvalue weighted by molar-refractivity contribution is 7.99. The van der Waals surface area contributed by atoms with Crippen LogP contribution in [-0.4, -0.2) is 28.5 Å². The fourth-order valence-corrected chi connectivity index (χ4v) is 2.15. The van der Waals surface area contributed by atoms with E-state index in [1.807, 2.05) is 0 Å². The number of nitrogens with two attached hydrogens (primary N) is 1. The molecule has 0 amide bonds. The van der Waals surface area contributed by atoms with E-state index in [1.165, 1.54) is 17.8 Å². The van der Waals surface area contributed by atoms with Crippen LogP contribution in [-0.2, 0) is 0 Å². The van der Waals surface area contributed by atoms with Gasteiger partial charge in [0.2, 0.25) is 0 Å². The van der Waals surface area contributed by atoms with Crippen molar-refractivity contribution in [2.24, 2.45) is 0 Å². The molecule has 0 aliphatic carbocycles. The number of carboxylic acid groups (broad SMARTS) is 1. The second-order valence-electron chi connectivity index (χ2n) is 2.95. The SMILES string of the molecule is Nc1cccc(C(=O)O)c1SCCCO. The van der Waals surface area contributed by atoms with Crippen molar-refractivity contribution in [3.8, 4) is 0 Å². The van der Waals surface area contributed by atoms with Crippen molar-refractivity contribution in [2.45, 2.75) is 11.3 Å². The molecular weight excluding hydrogens is 214 g/mol. The lowest BCUT2D eigenvalue weighted by Gasteiger charge is -2.08. The van der Waals surface area contributed by atoms with Gasteiger partial charge in [0.05, 0.1) is 5.56 Å². The predicted molar refractivity (Wildman–Crippen MR) is 60.2 cm³/mol. The highest BCUT2D eigenvalue weighted by Gasteiger charge is 2.12. The van der Waals surface area contributed by atoms with E-state index in [0.717, 1.165) is 0 Å². The van der Waals surface area contributed by atoms with Gasteiger partial charge in [-0.3, -0.25) is 0 Å². The number of aliphatic hydroxyl groups excluding tert-OH is 1. The average molecular weight is 227 g/mol. The molecule has 0 aliphatic rings. The molecule has 4 nitrogen and oxygen atoms in total. The summed E-state index contributed by atoms with van der Waals surface area (Å²) in [6, 6.07) is 4.82. The Morgan fingerprint density at radius 2 is 2.20 bits per heavy atom. The Balaban J connectivity index is 2.87. The van der Waals surface area contributed by atoms with Gasteiger partial charge in [-0.05, 0) is 18.6 Å². The Kier molecular flexibility index (Phi) is 4.45. The van der Waals surface area contributed by atoms with Gasteiger partial charge < -0.3 is 15.9 Å². The number of carbonyl (C=O) groups is 1. The van der Waals surface area contributed by atoms with Gasteiger partial charge >= 0.3 is 5.97 Å². The first kappa shape index (κ1) is 11.9. The number of rotatable bonds is 5. The third-order valence-corrected chi connectivity index (χ3v) is 3.06. The number of nitrogen functional groups attached to an aromatic ring is 1. The quantitative estimate of drug-likeness (QED) is 0.403. The minimum Gasteiger partial charge on any atom is -0.478 e. The molecule has 1 aromatic carbocycles. The summed E-state index contributed by atoms with van der Waals surface area (Å²) in [4.78, 5) is 11.5. The molecule has 4 N–H and O–H groups in total. The minimum absolute atomic E-state index is 0.0993. The fraction of sp³-hybridized carbons (Fsp3) is 0.300. The van der Waals surface area contributed by atoms with Crippen LogP contribution in [0.25, 0.3) is 0 Å². The topological polar surface area (TPSA) is 83.6 Å². The molecule has 0 fully saturated rings. The molecule has 82 valence electrons. The van der Waals surface area contributed by atoms with Crippen molar-refractivity contribution >= 4 is 23.4 Å². The highest BCUT2D eigenvalue weighted by atomic mass is 32.2. The normalized spacial score (nSPS) is 10.2. The van der Waals surface area contributed by atoms with E-state index >= 15 is 0 Å². The Bertz CT molecular complexity index is 355. The molecule has 5 heteroatoms. The Morgan fingerprint density at radius 3 is 2.80 bits per heavy atom. The van der Waals surface area contributed by atoms with Crippen LogP contribution in [0, 0.1) is 0 Å².